The molecule has 0 aliphatic carbocycles. The fourth-order valence-corrected chi connectivity index (χ4v) is 4.46. The summed E-state index contributed by atoms with van der Waals surface area (Å²) < 4.78 is 0. The van der Waals surface area contributed by atoms with Gasteiger partial charge < -0.3 is 5.32 Å². The van der Waals surface area contributed by atoms with Gasteiger partial charge in [0.25, 0.3) is 5.91 Å². The number of thioether (sulfide) groups is 1. The van der Waals surface area contributed by atoms with Crippen LogP contribution >= 0.6 is 11.8 Å². The number of carbonyl (C=O) groups excluding carboxylic acids is 2. The monoisotopic (exact) mass is 426 g/mol. The van der Waals surface area contributed by atoms with Gasteiger partial charge in [0.2, 0.25) is 5.91 Å². The lowest BCUT2D eigenvalue weighted by Gasteiger charge is -2.31. The number of anilines is 1. The van der Waals surface area contributed by atoms with Crippen molar-refractivity contribution >= 4 is 46.0 Å². The van der Waals surface area contributed by atoms with E-state index in [2.05, 4.69) is 10.3 Å². The topological polar surface area (TPSA) is 74.1 Å². The first-order valence-electron chi connectivity index (χ1n) is 9.83. The molecule has 152 valence electrons. The van der Waals surface area contributed by atoms with Crippen molar-refractivity contribution in [1.82, 2.24) is 4.90 Å². The number of hydrogen-bond donors (Lipinski definition) is 1. The Hall–Kier alpha value is -3.71. The lowest BCUT2D eigenvalue weighted by atomic mass is 10.0. The molecule has 3 aromatic rings. The second-order valence-corrected chi connectivity index (χ2v) is 8.01. The van der Waals surface area contributed by atoms with Crippen LogP contribution in [0.1, 0.15) is 17.2 Å². The van der Waals surface area contributed by atoms with Gasteiger partial charge in [-0.15, -0.1) is 0 Å². The zero-order valence-corrected chi connectivity index (χ0v) is 17.3. The van der Waals surface area contributed by atoms with E-state index in [1.807, 2.05) is 89.8 Å². The molecule has 6 nitrogen and oxygen atoms in total. The summed E-state index contributed by atoms with van der Waals surface area (Å²) in [6.07, 6.45) is 0. The minimum absolute atomic E-state index is 0.141. The highest BCUT2D eigenvalue weighted by Gasteiger charge is 2.42. The number of rotatable bonds is 4. The Morgan fingerprint density at radius 2 is 1.58 bits per heavy atom. The van der Waals surface area contributed by atoms with Gasteiger partial charge in [0.15, 0.2) is 5.17 Å². The number of benzene rings is 3. The van der Waals surface area contributed by atoms with Gasteiger partial charge in [-0.05, 0) is 29.8 Å². The Kier molecular flexibility index (Phi) is 5.09. The van der Waals surface area contributed by atoms with Gasteiger partial charge in [-0.1, -0.05) is 72.4 Å². The molecule has 2 aliphatic heterocycles. The number of amides is 2. The van der Waals surface area contributed by atoms with Crippen LogP contribution < -0.4 is 5.32 Å². The zero-order valence-electron chi connectivity index (χ0n) is 16.4. The quantitative estimate of drug-likeness (QED) is 0.672. The predicted molar refractivity (Wildman–Crippen MR) is 124 cm³/mol. The van der Waals surface area contributed by atoms with Crippen LogP contribution in [0.2, 0.25) is 0 Å². The number of nitrogens with zero attached hydrogens (tertiary/aromatic N) is 3. The van der Waals surface area contributed by atoms with E-state index in [-0.39, 0.29) is 17.6 Å². The first-order chi connectivity index (χ1) is 15.2. The van der Waals surface area contributed by atoms with E-state index >= 15 is 0 Å². The van der Waals surface area contributed by atoms with Crippen LogP contribution in [-0.4, -0.2) is 33.5 Å². The number of aliphatic imine (C=N–C) groups is 2. The number of fused-ring (bicyclic) bond motifs is 3. The molecule has 3 aromatic carbocycles. The molecule has 0 saturated heterocycles. The van der Waals surface area contributed by atoms with Crippen LogP contribution in [0.15, 0.2) is 94.9 Å². The molecule has 1 atom stereocenters. The molecule has 0 aromatic heterocycles. The maximum atomic E-state index is 12.9. The van der Waals surface area contributed by atoms with E-state index in [4.69, 9.17) is 4.99 Å². The van der Waals surface area contributed by atoms with E-state index in [9.17, 15) is 9.59 Å². The van der Waals surface area contributed by atoms with E-state index in [1.54, 1.807) is 0 Å². The molecule has 1 N–H and O–H groups in total. The van der Waals surface area contributed by atoms with Crippen molar-refractivity contribution in [3.8, 4) is 0 Å². The van der Waals surface area contributed by atoms with Crippen molar-refractivity contribution in [2.75, 3.05) is 11.1 Å². The van der Waals surface area contributed by atoms with Gasteiger partial charge in [0, 0.05) is 11.3 Å². The Morgan fingerprint density at radius 3 is 2.35 bits per heavy atom. The second kappa shape index (κ2) is 8.20. The van der Waals surface area contributed by atoms with E-state index in [1.165, 1.54) is 11.8 Å². The first-order valence-corrected chi connectivity index (χ1v) is 10.8. The summed E-state index contributed by atoms with van der Waals surface area (Å²) in [6, 6.07) is 25.9. The molecule has 2 amide bonds. The normalized spacial score (nSPS) is 16.8. The lowest BCUT2D eigenvalue weighted by Crippen LogP contribution is -2.39. The zero-order chi connectivity index (χ0) is 21.2. The maximum absolute atomic E-state index is 12.9. The fraction of sp³-hybridized carbons (Fsp3) is 0.0833. The number of carbonyl (C=O) groups is 2. The largest absolute Gasteiger partial charge is 0.325 e. The Balaban J connectivity index is 1.45. The van der Waals surface area contributed by atoms with Gasteiger partial charge in [-0.3, -0.25) is 14.5 Å². The molecule has 31 heavy (non-hydrogen) atoms. The molecule has 1 unspecified atom stereocenters. The molecule has 0 radical (unpaired) electrons. The summed E-state index contributed by atoms with van der Waals surface area (Å²) in [6.45, 7) is 0. The minimum atomic E-state index is -0.590. The molecule has 0 saturated carbocycles. The van der Waals surface area contributed by atoms with Crippen LogP contribution in [0, 0.1) is 0 Å². The summed E-state index contributed by atoms with van der Waals surface area (Å²) in [4.78, 5) is 36.4. The van der Waals surface area contributed by atoms with E-state index in [0.29, 0.717) is 11.0 Å². The van der Waals surface area contributed by atoms with Gasteiger partial charge in [0.1, 0.15) is 11.9 Å². The van der Waals surface area contributed by atoms with Crippen LogP contribution in [-0.2, 0) is 9.59 Å². The molecule has 0 spiro atoms. The molecule has 5 rings (SSSR count). The van der Waals surface area contributed by atoms with E-state index < -0.39 is 6.04 Å². The third kappa shape index (κ3) is 3.75. The van der Waals surface area contributed by atoms with Gasteiger partial charge in [-0.25, -0.2) is 4.99 Å². The third-order valence-corrected chi connectivity index (χ3v) is 5.96. The molecule has 2 aliphatic rings. The van der Waals surface area contributed by atoms with Crippen LogP contribution in [0.25, 0.3) is 0 Å². The molecule has 2 heterocycles. The van der Waals surface area contributed by atoms with Crippen molar-refractivity contribution in [1.29, 1.82) is 0 Å². The Morgan fingerprint density at radius 1 is 0.903 bits per heavy atom. The molecule has 7 heteroatoms. The van der Waals surface area contributed by atoms with Gasteiger partial charge in [0.05, 0.1) is 11.4 Å². The van der Waals surface area contributed by atoms with Gasteiger partial charge >= 0.3 is 0 Å². The number of para-hydroxylation sites is 2. The average molecular weight is 427 g/mol. The van der Waals surface area contributed by atoms with E-state index in [0.717, 1.165) is 22.5 Å². The molecular weight excluding hydrogens is 408 g/mol. The summed E-state index contributed by atoms with van der Waals surface area (Å²) in [7, 11) is 0. The summed E-state index contributed by atoms with van der Waals surface area (Å²) in [5.41, 5.74) is 3.13. The summed E-state index contributed by atoms with van der Waals surface area (Å²) in [5.74, 6) is 0.364. The SMILES string of the molecule is O=C(CSC1=Nc2ccccc2C2=NC(=O)C(c3ccccc3)N12)Nc1ccccc1. The Labute approximate surface area is 183 Å². The lowest BCUT2D eigenvalue weighted by molar-refractivity contribution is -0.119. The van der Waals surface area contributed by atoms with Crippen molar-refractivity contribution in [3.05, 3.63) is 96.1 Å². The van der Waals surface area contributed by atoms with Gasteiger partial charge in [-0.2, -0.15) is 4.99 Å². The number of nitrogens with one attached hydrogen (secondary N) is 1. The molecular formula is C24H18N4O2S. The Bertz CT molecular complexity index is 1210. The average Bonchev–Trinajstić information content (AvgIpc) is 3.16. The standard InChI is InChI=1S/C24H18N4O2S/c29-20(25-17-11-5-2-6-12-17)15-31-24-26-19-14-8-7-13-18(19)22-27-23(30)21(28(22)24)16-9-3-1-4-10-16/h1-14,21H,15H2,(H,25,29). The fourth-order valence-electron chi connectivity index (χ4n) is 3.64. The maximum Gasteiger partial charge on any atom is 0.275 e. The molecule has 0 bridgehead atoms. The van der Waals surface area contributed by atoms with Crippen molar-refractivity contribution in [2.24, 2.45) is 9.98 Å². The highest BCUT2D eigenvalue weighted by molar-refractivity contribution is 8.14. The third-order valence-electron chi connectivity index (χ3n) is 5.01. The second-order valence-electron chi connectivity index (χ2n) is 7.07. The summed E-state index contributed by atoms with van der Waals surface area (Å²) >= 11 is 1.30. The smallest absolute Gasteiger partial charge is 0.275 e. The van der Waals surface area contributed by atoms with Crippen LogP contribution in [0.4, 0.5) is 11.4 Å². The predicted octanol–water partition coefficient (Wildman–Crippen LogP) is 4.39. The van der Waals surface area contributed by atoms with Crippen molar-refractivity contribution in [2.45, 2.75) is 6.04 Å². The highest BCUT2D eigenvalue weighted by Crippen LogP contribution is 2.39. The van der Waals surface area contributed by atoms with Crippen molar-refractivity contribution < 1.29 is 9.59 Å². The first kappa shape index (κ1) is 19.3. The highest BCUT2D eigenvalue weighted by atomic mass is 32.2. The summed E-state index contributed by atoms with van der Waals surface area (Å²) in [5, 5.41) is 3.47. The number of amidine groups is 2. The minimum Gasteiger partial charge on any atom is -0.325 e. The van der Waals surface area contributed by atoms with Crippen LogP contribution in [0.5, 0.6) is 0 Å². The number of hydrogen-bond acceptors (Lipinski definition) is 5. The van der Waals surface area contributed by atoms with Crippen molar-refractivity contribution in [3.63, 3.8) is 0 Å². The van der Waals surface area contributed by atoms with Crippen LogP contribution in [0.3, 0.4) is 0 Å². The molecule has 0 fully saturated rings.